The third kappa shape index (κ3) is 15.1. The maximum absolute atomic E-state index is 13.1. The molecule has 0 saturated heterocycles. The van der Waals surface area contributed by atoms with Gasteiger partial charge in [0.05, 0.1) is 102 Å². The van der Waals surface area contributed by atoms with Crippen molar-refractivity contribution in [2.75, 3.05) is 89.9 Å². The number of methoxy groups -OCH3 is 1. The van der Waals surface area contributed by atoms with E-state index < -0.39 is 24.4 Å². The van der Waals surface area contributed by atoms with E-state index in [0.717, 1.165) is 22.4 Å². The number of benzene rings is 4. The van der Waals surface area contributed by atoms with Crippen LogP contribution < -0.4 is 47.3 Å². The first-order chi connectivity index (χ1) is 34.0. The SMILES string of the molecule is CCNC(=O)CC1N=C(c2ccc(Cl)cc2)c2cc(OCCOCCOCCOCCOCCNC(=O)CC3N=C(c4ccc(Cl)cc4)c4cc(OC)ccc4NC3NN)ccc2N(C(C)N)/C1=N/O. The van der Waals surface area contributed by atoms with Crippen LogP contribution in [0.2, 0.25) is 10.0 Å². The normalized spacial score (nSPS) is 17.5. The van der Waals surface area contributed by atoms with E-state index in [2.05, 4.69) is 26.5 Å². The number of nitrogens with two attached hydrogens (primary N) is 2. The first-order valence-electron chi connectivity index (χ1n) is 23.0. The molecule has 2 heterocycles. The van der Waals surface area contributed by atoms with Crippen molar-refractivity contribution in [3.05, 3.63) is 117 Å². The number of anilines is 2. The number of rotatable bonds is 26. The monoisotopic (exact) mass is 1000 g/mol. The Hall–Kier alpha value is -5.87. The van der Waals surface area contributed by atoms with E-state index in [-0.39, 0.29) is 37.1 Å². The van der Waals surface area contributed by atoms with E-state index in [4.69, 9.17) is 73.2 Å². The summed E-state index contributed by atoms with van der Waals surface area (Å²) in [6.07, 6.45) is -1.16. The Bertz CT molecular complexity index is 2430. The Labute approximate surface area is 417 Å². The summed E-state index contributed by atoms with van der Waals surface area (Å²) >= 11 is 12.4. The molecule has 4 atom stereocenters. The van der Waals surface area contributed by atoms with Gasteiger partial charge in [0.1, 0.15) is 30.3 Å². The number of amidine groups is 1. The predicted molar refractivity (Wildman–Crippen MR) is 271 cm³/mol. The zero-order chi connectivity index (χ0) is 49.8. The van der Waals surface area contributed by atoms with E-state index in [1.165, 1.54) is 0 Å². The number of carbonyl (C=O) groups is 2. The van der Waals surface area contributed by atoms with Crippen LogP contribution in [0.5, 0.6) is 11.5 Å². The average Bonchev–Trinajstić information content (AvgIpc) is 3.59. The molecule has 4 aromatic rings. The summed E-state index contributed by atoms with van der Waals surface area (Å²) in [7, 11) is 1.60. The van der Waals surface area contributed by atoms with Crippen molar-refractivity contribution in [1.82, 2.24) is 16.1 Å². The van der Waals surface area contributed by atoms with Gasteiger partial charge in [-0.1, -0.05) is 52.6 Å². The molecule has 0 spiro atoms. The van der Waals surface area contributed by atoms with E-state index in [1.807, 2.05) is 61.5 Å². The van der Waals surface area contributed by atoms with Crippen LogP contribution >= 0.6 is 23.2 Å². The predicted octanol–water partition coefficient (Wildman–Crippen LogP) is 4.72. The van der Waals surface area contributed by atoms with Gasteiger partial charge in [0.2, 0.25) is 11.8 Å². The van der Waals surface area contributed by atoms with Crippen molar-refractivity contribution in [2.45, 2.75) is 51.1 Å². The minimum absolute atomic E-state index is 0.0616. The molecular formula is C49H62Cl2N10O9. The number of amides is 2. The van der Waals surface area contributed by atoms with Crippen LogP contribution in [-0.2, 0) is 28.5 Å². The molecule has 4 aromatic carbocycles. The Morgan fingerprint density at radius 1 is 0.757 bits per heavy atom. The third-order valence-corrected chi connectivity index (χ3v) is 11.5. The van der Waals surface area contributed by atoms with Crippen molar-refractivity contribution in [3.63, 3.8) is 0 Å². The molecule has 0 saturated carbocycles. The molecular weight excluding hydrogens is 944 g/mol. The lowest BCUT2D eigenvalue weighted by atomic mass is 9.99. The number of nitrogens with zero attached hydrogens (tertiary/aromatic N) is 4. The lowest BCUT2D eigenvalue weighted by molar-refractivity contribution is -0.122. The highest BCUT2D eigenvalue weighted by molar-refractivity contribution is 6.31. The molecule has 0 bridgehead atoms. The Morgan fingerprint density at radius 2 is 1.31 bits per heavy atom. The maximum atomic E-state index is 13.1. The van der Waals surface area contributed by atoms with Gasteiger partial charge < -0.3 is 60.2 Å². The van der Waals surface area contributed by atoms with Crippen LogP contribution in [0.25, 0.3) is 0 Å². The molecule has 376 valence electrons. The zero-order valence-corrected chi connectivity index (χ0v) is 41.0. The second kappa shape index (κ2) is 27.5. The van der Waals surface area contributed by atoms with Crippen LogP contribution in [0.1, 0.15) is 48.9 Å². The molecule has 0 radical (unpaired) electrons. The number of benzodiazepines with no additional fused rings is 2. The van der Waals surface area contributed by atoms with Gasteiger partial charge in [0, 0.05) is 51.1 Å². The summed E-state index contributed by atoms with van der Waals surface area (Å²) in [5.41, 5.74) is 14.9. The molecule has 21 heteroatoms. The summed E-state index contributed by atoms with van der Waals surface area (Å²) in [4.78, 5) is 37.5. The number of hydrogen-bond acceptors (Lipinski definition) is 16. The molecule has 0 aromatic heterocycles. The van der Waals surface area contributed by atoms with Gasteiger partial charge in [-0.2, -0.15) is 0 Å². The average molecular weight is 1010 g/mol. The molecule has 0 fully saturated rings. The molecule has 4 unspecified atom stereocenters. The zero-order valence-electron chi connectivity index (χ0n) is 39.5. The molecule has 9 N–H and O–H groups in total. The maximum Gasteiger partial charge on any atom is 0.222 e. The summed E-state index contributed by atoms with van der Waals surface area (Å²) in [6.45, 7) is 7.40. The van der Waals surface area contributed by atoms with Gasteiger partial charge in [-0.05, 0) is 74.5 Å². The minimum atomic E-state index is -0.843. The highest BCUT2D eigenvalue weighted by Gasteiger charge is 2.35. The highest BCUT2D eigenvalue weighted by Crippen LogP contribution is 2.34. The van der Waals surface area contributed by atoms with Crippen LogP contribution in [0, 0.1) is 0 Å². The molecule has 70 heavy (non-hydrogen) atoms. The molecule has 6 rings (SSSR count). The van der Waals surface area contributed by atoms with Gasteiger partial charge in [0.25, 0.3) is 0 Å². The highest BCUT2D eigenvalue weighted by atomic mass is 35.5. The number of hydrazine groups is 1. The van der Waals surface area contributed by atoms with Crippen LogP contribution in [0.4, 0.5) is 11.4 Å². The Morgan fingerprint density at radius 3 is 1.89 bits per heavy atom. The quantitative estimate of drug-likeness (QED) is 0.0195. The molecule has 0 aliphatic carbocycles. The lowest BCUT2D eigenvalue weighted by Gasteiger charge is -2.31. The van der Waals surface area contributed by atoms with Crippen LogP contribution in [-0.4, -0.2) is 138 Å². The number of fused-ring (bicyclic) bond motifs is 2. The Kier molecular flexibility index (Phi) is 21.0. The number of aliphatic imine (C=N–C) groups is 2. The number of halogens is 2. The fourth-order valence-electron chi connectivity index (χ4n) is 7.74. The topological polar surface area (TPSA) is 250 Å². The lowest BCUT2D eigenvalue weighted by Crippen LogP contribution is -2.49. The molecule has 2 aliphatic rings. The number of oxime groups is 1. The van der Waals surface area contributed by atoms with Crippen molar-refractivity contribution < 1.29 is 43.2 Å². The fraction of sp³-hybridized carbons (Fsp3) is 0.408. The number of nitrogens with one attached hydrogen (secondary N) is 4. The van der Waals surface area contributed by atoms with E-state index in [9.17, 15) is 14.8 Å². The van der Waals surface area contributed by atoms with Gasteiger partial charge >= 0.3 is 0 Å². The standard InChI is InChI=1S/C49H62Cl2N10O9/c1-4-54-44(62)30-42-49(60-64)61(31(2)52)43-16-14-37(28-39(43)47(57-42)33-7-11-35(51)12-8-33)70-26-25-69-24-23-68-22-21-67-20-19-66-18-17-55-45(63)29-41-48(59-53)58-40-15-13-36(65-3)27-38(40)46(56-41)32-5-9-34(50)10-6-32/h5-16,27-28,31,41-42,48,58-59,64H,4,17-26,29-30,52-53H2,1-3H3,(H,54,62)(H,55,63)/b60-49+. The van der Waals surface area contributed by atoms with E-state index >= 15 is 0 Å². The summed E-state index contributed by atoms with van der Waals surface area (Å²) in [5, 5.41) is 24.1. The second-order valence-electron chi connectivity index (χ2n) is 16.0. The molecule has 2 aliphatic heterocycles. The number of ether oxygens (including phenoxy) is 6. The summed E-state index contributed by atoms with van der Waals surface area (Å²) in [5.74, 6) is 6.85. The van der Waals surface area contributed by atoms with Crippen molar-refractivity contribution in [3.8, 4) is 11.5 Å². The van der Waals surface area contributed by atoms with Gasteiger partial charge in [-0.15, -0.1) is 0 Å². The molecule has 2 amide bonds. The largest absolute Gasteiger partial charge is 0.497 e. The van der Waals surface area contributed by atoms with E-state index in [1.54, 1.807) is 49.3 Å². The number of carbonyl (C=O) groups excluding carboxylic acids is 2. The van der Waals surface area contributed by atoms with E-state index in [0.29, 0.717) is 110 Å². The van der Waals surface area contributed by atoms with Crippen molar-refractivity contribution in [2.24, 2.45) is 26.7 Å². The van der Waals surface area contributed by atoms with Gasteiger partial charge in [-0.25, -0.2) is 5.43 Å². The fourth-order valence-corrected chi connectivity index (χ4v) is 7.99. The summed E-state index contributed by atoms with van der Waals surface area (Å²) < 4.78 is 34.2. The van der Waals surface area contributed by atoms with Gasteiger partial charge in [0.15, 0.2) is 5.84 Å². The second-order valence-corrected chi connectivity index (χ2v) is 16.9. The Balaban J connectivity index is 0.871. The minimum Gasteiger partial charge on any atom is -0.497 e. The third-order valence-electron chi connectivity index (χ3n) is 11.0. The first-order valence-corrected chi connectivity index (χ1v) is 23.8. The van der Waals surface area contributed by atoms with Crippen LogP contribution in [0.3, 0.4) is 0 Å². The molecule has 19 nitrogen and oxygen atoms in total. The first kappa shape index (κ1) is 53.5. The summed E-state index contributed by atoms with van der Waals surface area (Å²) in [6, 6.07) is 24.2. The van der Waals surface area contributed by atoms with Crippen molar-refractivity contribution >= 4 is 63.7 Å². The van der Waals surface area contributed by atoms with Crippen molar-refractivity contribution in [1.29, 1.82) is 0 Å². The van der Waals surface area contributed by atoms with Crippen LogP contribution in [0.15, 0.2) is 100 Å². The smallest absolute Gasteiger partial charge is 0.222 e. The number of hydrogen-bond donors (Lipinski definition) is 7. The van der Waals surface area contributed by atoms with Gasteiger partial charge in [-0.3, -0.25) is 25.4 Å².